The fourth-order valence-electron chi connectivity index (χ4n) is 1.90. The second-order valence-corrected chi connectivity index (χ2v) is 4.50. The molecule has 1 unspecified atom stereocenters. The first-order chi connectivity index (χ1) is 9.69. The van der Waals surface area contributed by atoms with Crippen molar-refractivity contribution < 1.29 is 9.53 Å². The van der Waals surface area contributed by atoms with E-state index >= 15 is 0 Å². The molecule has 1 atom stereocenters. The third-order valence-corrected chi connectivity index (χ3v) is 3.01. The molecule has 1 amide bonds. The van der Waals surface area contributed by atoms with Crippen molar-refractivity contribution in [3.8, 4) is 5.75 Å². The summed E-state index contributed by atoms with van der Waals surface area (Å²) in [6.45, 7) is 0. The van der Waals surface area contributed by atoms with E-state index in [0.29, 0.717) is 0 Å². The first kappa shape index (κ1) is 14.1. The Hall–Kier alpha value is -2.33. The lowest BCUT2D eigenvalue weighted by atomic mass is 10.0. The van der Waals surface area contributed by atoms with Gasteiger partial charge < -0.3 is 15.8 Å². The molecule has 4 heteroatoms. The Kier molecular flexibility index (Phi) is 4.74. The van der Waals surface area contributed by atoms with E-state index in [1.54, 1.807) is 31.4 Å². The highest BCUT2D eigenvalue weighted by molar-refractivity contribution is 5.91. The molecule has 0 aromatic heterocycles. The molecule has 2 rings (SSSR count). The minimum Gasteiger partial charge on any atom is -0.497 e. The van der Waals surface area contributed by atoms with E-state index in [-0.39, 0.29) is 18.4 Å². The highest BCUT2D eigenvalue weighted by Crippen LogP contribution is 2.17. The molecule has 20 heavy (non-hydrogen) atoms. The molecule has 4 nitrogen and oxygen atoms in total. The molecule has 0 fully saturated rings. The quantitative estimate of drug-likeness (QED) is 0.878. The summed E-state index contributed by atoms with van der Waals surface area (Å²) in [5.41, 5.74) is 7.70. The van der Waals surface area contributed by atoms with Crippen molar-refractivity contribution in [3.63, 3.8) is 0 Å². The van der Waals surface area contributed by atoms with Crippen LogP contribution in [0, 0.1) is 0 Å². The summed E-state index contributed by atoms with van der Waals surface area (Å²) in [6.07, 6.45) is 0.246. The van der Waals surface area contributed by atoms with E-state index < -0.39 is 0 Å². The number of benzene rings is 2. The summed E-state index contributed by atoms with van der Waals surface area (Å²) in [6, 6.07) is 16.5. The maximum absolute atomic E-state index is 11.9. The van der Waals surface area contributed by atoms with Crippen LogP contribution in [-0.2, 0) is 4.79 Å². The van der Waals surface area contributed by atoms with Crippen LogP contribution in [-0.4, -0.2) is 13.0 Å². The van der Waals surface area contributed by atoms with Crippen molar-refractivity contribution in [2.75, 3.05) is 12.4 Å². The normalized spacial score (nSPS) is 11.7. The third-order valence-electron chi connectivity index (χ3n) is 3.01. The van der Waals surface area contributed by atoms with Crippen LogP contribution in [0.1, 0.15) is 18.0 Å². The van der Waals surface area contributed by atoms with Crippen molar-refractivity contribution in [2.24, 2.45) is 5.73 Å². The van der Waals surface area contributed by atoms with E-state index in [0.717, 1.165) is 17.0 Å². The summed E-state index contributed by atoms with van der Waals surface area (Å²) in [7, 11) is 1.60. The standard InChI is InChI=1S/C16H18N2O2/c1-20-14-9-7-13(8-10-14)18-16(19)11-15(17)12-5-3-2-4-6-12/h2-10,15H,11,17H2,1H3,(H,18,19). The van der Waals surface area contributed by atoms with Gasteiger partial charge in [-0.05, 0) is 29.8 Å². The number of hydrogen-bond donors (Lipinski definition) is 2. The molecule has 0 saturated heterocycles. The number of anilines is 1. The van der Waals surface area contributed by atoms with Gasteiger partial charge in [-0.25, -0.2) is 0 Å². The van der Waals surface area contributed by atoms with Crippen LogP contribution in [0.25, 0.3) is 0 Å². The Labute approximate surface area is 118 Å². The summed E-state index contributed by atoms with van der Waals surface area (Å²) < 4.78 is 5.06. The highest BCUT2D eigenvalue weighted by Gasteiger charge is 2.11. The second-order valence-electron chi connectivity index (χ2n) is 4.50. The molecule has 0 radical (unpaired) electrons. The number of methoxy groups -OCH3 is 1. The zero-order chi connectivity index (χ0) is 14.4. The van der Waals surface area contributed by atoms with Crippen LogP contribution in [0.2, 0.25) is 0 Å². The molecular formula is C16H18N2O2. The Morgan fingerprint density at radius 2 is 1.80 bits per heavy atom. The molecule has 0 aliphatic carbocycles. The van der Waals surface area contributed by atoms with E-state index in [9.17, 15) is 4.79 Å². The highest BCUT2D eigenvalue weighted by atomic mass is 16.5. The van der Waals surface area contributed by atoms with Gasteiger partial charge in [0.1, 0.15) is 5.75 Å². The van der Waals surface area contributed by atoms with Crippen molar-refractivity contribution in [1.29, 1.82) is 0 Å². The number of ether oxygens (including phenoxy) is 1. The van der Waals surface area contributed by atoms with Crippen LogP contribution in [0.5, 0.6) is 5.75 Å². The summed E-state index contributed by atoms with van der Waals surface area (Å²) in [5.74, 6) is 0.649. The van der Waals surface area contributed by atoms with Gasteiger partial charge in [0.25, 0.3) is 0 Å². The summed E-state index contributed by atoms with van der Waals surface area (Å²) in [5, 5.41) is 2.82. The predicted octanol–water partition coefficient (Wildman–Crippen LogP) is 2.72. The fraction of sp³-hybridized carbons (Fsp3) is 0.188. The van der Waals surface area contributed by atoms with Crippen molar-refractivity contribution in [2.45, 2.75) is 12.5 Å². The molecule has 2 aromatic rings. The van der Waals surface area contributed by atoms with Crippen LogP contribution in [0.3, 0.4) is 0 Å². The molecule has 0 bridgehead atoms. The second kappa shape index (κ2) is 6.73. The van der Waals surface area contributed by atoms with Crippen molar-refractivity contribution in [3.05, 3.63) is 60.2 Å². The molecule has 0 spiro atoms. The van der Waals surface area contributed by atoms with Crippen LogP contribution in [0.15, 0.2) is 54.6 Å². The van der Waals surface area contributed by atoms with E-state index in [1.165, 1.54) is 0 Å². The summed E-state index contributed by atoms with van der Waals surface area (Å²) >= 11 is 0. The molecule has 0 aliphatic rings. The average Bonchev–Trinajstić information content (AvgIpc) is 2.49. The van der Waals surface area contributed by atoms with Crippen LogP contribution >= 0.6 is 0 Å². The molecule has 104 valence electrons. The zero-order valence-corrected chi connectivity index (χ0v) is 11.4. The number of carbonyl (C=O) groups excluding carboxylic acids is 1. The van der Waals surface area contributed by atoms with Gasteiger partial charge in [0.05, 0.1) is 7.11 Å². The number of nitrogens with two attached hydrogens (primary N) is 1. The van der Waals surface area contributed by atoms with Crippen LogP contribution < -0.4 is 15.8 Å². The Balaban J connectivity index is 1.91. The van der Waals surface area contributed by atoms with Crippen molar-refractivity contribution in [1.82, 2.24) is 0 Å². The Morgan fingerprint density at radius 1 is 1.15 bits per heavy atom. The Bertz CT molecular complexity index is 552. The lowest BCUT2D eigenvalue weighted by Crippen LogP contribution is -2.20. The van der Waals surface area contributed by atoms with Gasteiger partial charge in [-0.2, -0.15) is 0 Å². The van der Waals surface area contributed by atoms with Gasteiger partial charge >= 0.3 is 0 Å². The molecule has 0 aliphatic heterocycles. The van der Waals surface area contributed by atoms with Gasteiger partial charge in [0, 0.05) is 18.2 Å². The number of amides is 1. The molecule has 2 aromatic carbocycles. The van der Waals surface area contributed by atoms with E-state index in [2.05, 4.69) is 5.32 Å². The van der Waals surface area contributed by atoms with Crippen LogP contribution in [0.4, 0.5) is 5.69 Å². The first-order valence-electron chi connectivity index (χ1n) is 6.43. The maximum Gasteiger partial charge on any atom is 0.226 e. The van der Waals surface area contributed by atoms with Gasteiger partial charge in [-0.15, -0.1) is 0 Å². The number of nitrogens with one attached hydrogen (secondary N) is 1. The smallest absolute Gasteiger partial charge is 0.226 e. The van der Waals surface area contributed by atoms with Gasteiger partial charge in [0.15, 0.2) is 0 Å². The minimum absolute atomic E-state index is 0.105. The number of carbonyl (C=O) groups is 1. The number of hydrogen-bond acceptors (Lipinski definition) is 3. The SMILES string of the molecule is COc1ccc(NC(=O)CC(N)c2ccccc2)cc1. The molecule has 0 saturated carbocycles. The van der Waals surface area contributed by atoms with Gasteiger partial charge in [-0.1, -0.05) is 30.3 Å². The minimum atomic E-state index is -0.297. The molecular weight excluding hydrogens is 252 g/mol. The van der Waals surface area contributed by atoms with Gasteiger partial charge in [0.2, 0.25) is 5.91 Å². The topological polar surface area (TPSA) is 64.3 Å². The fourth-order valence-corrected chi connectivity index (χ4v) is 1.90. The largest absolute Gasteiger partial charge is 0.497 e. The van der Waals surface area contributed by atoms with Crippen molar-refractivity contribution >= 4 is 11.6 Å². The lowest BCUT2D eigenvalue weighted by Gasteiger charge is -2.12. The molecule has 3 N–H and O–H groups in total. The summed E-state index contributed by atoms with van der Waals surface area (Å²) in [4.78, 5) is 11.9. The van der Waals surface area contributed by atoms with Gasteiger partial charge in [-0.3, -0.25) is 4.79 Å². The van der Waals surface area contributed by atoms with E-state index in [4.69, 9.17) is 10.5 Å². The number of rotatable bonds is 5. The van der Waals surface area contributed by atoms with E-state index in [1.807, 2.05) is 30.3 Å². The Morgan fingerprint density at radius 3 is 2.40 bits per heavy atom. The third kappa shape index (κ3) is 3.83. The molecule has 0 heterocycles. The monoisotopic (exact) mass is 270 g/mol. The predicted molar refractivity (Wildman–Crippen MR) is 79.6 cm³/mol. The zero-order valence-electron chi connectivity index (χ0n) is 11.4. The average molecular weight is 270 g/mol. The lowest BCUT2D eigenvalue weighted by molar-refractivity contribution is -0.116. The first-order valence-corrected chi connectivity index (χ1v) is 6.43. The maximum atomic E-state index is 11.9.